The summed E-state index contributed by atoms with van der Waals surface area (Å²) >= 11 is 9.77. The smallest absolute Gasteiger partial charge is 1.00 e. The third-order valence-electron chi connectivity index (χ3n) is 1.01. The Kier molecular flexibility index (Phi) is 5.63. The molecule has 0 fully saturated rings. The van der Waals surface area contributed by atoms with Crippen LogP contribution >= 0.6 is 47.8 Å². The van der Waals surface area contributed by atoms with Gasteiger partial charge in [-0.25, -0.2) is 0 Å². The van der Waals surface area contributed by atoms with Crippen molar-refractivity contribution in [2.45, 2.75) is 0 Å². The Hall–Kier alpha value is 1.23. The van der Waals surface area contributed by atoms with Crippen molar-refractivity contribution in [2.75, 3.05) is 0 Å². The molecule has 0 aromatic heterocycles. The van der Waals surface area contributed by atoms with E-state index in [-0.39, 0.29) is 31.7 Å². The van der Waals surface area contributed by atoms with Gasteiger partial charge in [0, 0.05) is 8.95 Å². The minimum absolute atomic E-state index is 0. The first-order valence-corrected chi connectivity index (χ1v) is 4.83. The van der Waals surface area contributed by atoms with Gasteiger partial charge in [-0.2, -0.15) is 0 Å². The van der Waals surface area contributed by atoms with Gasteiger partial charge in [-0.1, -0.05) is 0 Å². The number of rotatable bonds is 0. The van der Waals surface area contributed by atoms with Crippen LogP contribution in [-0.2, 0) is 0 Å². The van der Waals surface area contributed by atoms with E-state index in [1.807, 2.05) is 0 Å². The van der Waals surface area contributed by atoms with Gasteiger partial charge in [-0.3, -0.25) is 0 Å². The summed E-state index contributed by atoms with van der Waals surface area (Å²) in [6.07, 6.45) is 0. The molecule has 0 amide bonds. The van der Waals surface area contributed by atoms with E-state index in [9.17, 15) is 0 Å². The average Bonchev–Trinajstić information content (AvgIpc) is 1.93. The van der Waals surface area contributed by atoms with Crippen molar-refractivity contribution in [3.63, 3.8) is 0 Å². The Balaban J connectivity index is -0.000000333. The molecule has 1 aromatic carbocycles. The minimum atomic E-state index is 0. The van der Waals surface area contributed by atoms with E-state index in [1.54, 1.807) is 12.1 Å². The fourth-order valence-corrected chi connectivity index (χ4v) is 1.79. The predicted octanol–water partition coefficient (Wildman–Crippen LogP) is 3.52. The van der Waals surface area contributed by atoms with Crippen LogP contribution in [0.1, 0.15) is 2.85 Å². The summed E-state index contributed by atoms with van der Waals surface area (Å²) < 4.78 is 2.41. The van der Waals surface area contributed by atoms with Crippen LogP contribution in [0.5, 0.6) is 5.75 Å². The van der Waals surface area contributed by atoms with Crippen molar-refractivity contribution in [1.29, 1.82) is 0 Å². The summed E-state index contributed by atoms with van der Waals surface area (Å²) in [4.78, 5) is 0. The molecule has 11 heavy (non-hydrogen) atoms. The van der Waals surface area contributed by atoms with Crippen LogP contribution in [0, 0.1) is 0 Å². The first-order valence-electron chi connectivity index (χ1n) is 2.45. The van der Waals surface area contributed by atoms with E-state index in [4.69, 9.17) is 5.11 Å². The summed E-state index contributed by atoms with van der Waals surface area (Å²) in [6, 6.07) is 3.38. The molecular weight excluding hydrogens is 352 g/mol. The molecule has 0 bridgehead atoms. The molecule has 0 aliphatic heterocycles. The Labute approximate surface area is 109 Å². The van der Waals surface area contributed by atoms with Gasteiger partial charge in [-0.05, 0) is 59.9 Å². The van der Waals surface area contributed by atoms with Crippen LogP contribution in [0.4, 0.5) is 0 Å². The average molecular weight is 357 g/mol. The maximum absolute atomic E-state index is 9.13. The largest absolute Gasteiger partial charge is 2.00 e. The van der Waals surface area contributed by atoms with Gasteiger partial charge in [0.2, 0.25) is 0 Å². The van der Waals surface area contributed by atoms with E-state index in [0.29, 0.717) is 4.47 Å². The number of aromatic hydroxyl groups is 1. The molecule has 0 radical (unpaired) electrons. The third kappa shape index (κ3) is 2.88. The van der Waals surface area contributed by atoms with Crippen LogP contribution in [0.3, 0.4) is 0 Å². The van der Waals surface area contributed by atoms with Gasteiger partial charge in [0.1, 0.15) is 5.75 Å². The molecule has 0 saturated heterocycles. The Bertz CT molecular complexity index is 245. The predicted molar refractivity (Wildman–Crippen MR) is 59.2 cm³/mol. The van der Waals surface area contributed by atoms with Crippen molar-refractivity contribution < 1.29 is 7.96 Å². The normalized spacial score (nSPS) is 9.00. The van der Waals surface area contributed by atoms with Crippen molar-refractivity contribution in [1.82, 2.24) is 0 Å². The number of hydrogen-bond donors (Lipinski definition) is 1. The number of hydrogen-bond acceptors (Lipinski definition) is 1. The van der Waals surface area contributed by atoms with Crippen LogP contribution in [-0.4, -0.2) is 28.2 Å². The molecule has 1 aromatic rings. The van der Waals surface area contributed by atoms with Gasteiger partial charge in [0.25, 0.3) is 0 Å². The van der Waals surface area contributed by atoms with E-state index < -0.39 is 0 Å². The number of phenolic OH excluding ortho intramolecular Hbond substituents is 1. The van der Waals surface area contributed by atoms with Crippen molar-refractivity contribution >= 4 is 70.8 Å². The molecule has 1 N–H and O–H groups in total. The zero-order valence-electron chi connectivity index (χ0n) is 7.44. The molecule has 0 unspecified atom stereocenters. The maximum atomic E-state index is 9.13. The van der Waals surface area contributed by atoms with E-state index in [0.717, 1.165) is 8.95 Å². The second-order valence-electron chi connectivity index (χ2n) is 1.69. The molecule has 0 aliphatic rings. The summed E-state index contributed by atoms with van der Waals surface area (Å²) in [7, 11) is 0. The van der Waals surface area contributed by atoms with E-state index in [2.05, 4.69) is 47.8 Å². The molecule has 1 nitrogen and oxygen atoms in total. The Morgan fingerprint density at radius 3 is 2.09 bits per heavy atom. The molecule has 0 saturated carbocycles. The molecule has 0 spiro atoms. The molecule has 1 rings (SSSR count). The number of benzene rings is 1. The summed E-state index contributed by atoms with van der Waals surface area (Å²) in [5, 5.41) is 9.13. The van der Waals surface area contributed by atoms with Crippen LogP contribution < -0.4 is 0 Å². The standard InChI is InChI=1S/C6H3Br3O.Mg.2H/c7-3-1-2-4(10)6(9)5(3)8;;;/h1-2,10H;;;/q;+2;2*-1. The summed E-state index contributed by atoms with van der Waals surface area (Å²) in [5.74, 6) is 0.232. The molecule has 58 valence electrons. The molecule has 0 atom stereocenters. The van der Waals surface area contributed by atoms with Gasteiger partial charge < -0.3 is 7.96 Å². The third-order valence-corrected chi connectivity index (χ3v) is 4.37. The molecule has 0 aliphatic carbocycles. The van der Waals surface area contributed by atoms with Gasteiger partial charge in [0.15, 0.2) is 0 Å². The SMILES string of the molecule is Oc1ccc(Br)c(Br)c1Br.[H-].[H-].[Mg+2]. The topological polar surface area (TPSA) is 20.2 Å². The Morgan fingerprint density at radius 2 is 1.64 bits per heavy atom. The zero-order valence-corrected chi connectivity index (χ0v) is 11.6. The molecule has 0 heterocycles. The molecule has 5 heteroatoms. The fraction of sp³-hybridized carbons (Fsp3) is 0. The van der Waals surface area contributed by atoms with Crippen molar-refractivity contribution in [2.24, 2.45) is 0 Å². The second kappa shape index (κ2) is 5.06. The number of phenols is 1. The maximum Gasteiger partial charge on any atom is 2.00 e. The van der Waals surface area contributed by atoms with Gasteiger partial charge in [0.05, 0.1) is 4.47 Å². The van der Waals surface area contributed by atoms with E-state index >= 15 is 0 Å². The Morgan fingerprint density at radius 1 is 1.09 bits per heavy atom. The molecular formula is C6H5Br3MgO. The monoisotopic (exact) mass is 354 g/mol. The van der Waals surface area contributed by atoms with Crippen molar-refractivity contribution in [3.05, 3.63) is 25.6 Å². The quantitative estimate of drug-likeness (QED) is 0.557. The van der Waals surface area contributed by atoms with Crippen LogP contribution in [0.25, 0.3) is 0 Å². The van der Waals surface area contributed by atoms with Gasteiger partial charge in [-0.15, -0.1) is 0 Å². The van der Waals surface area contributed by atoms with E-state index in [1.165, 1.54) is 0 Å². The van der Waals surface area contributed by atoms with Crippen LogP contribution in [0.15, 0.2) is 25.6 Å². The van der Waals surface area contributed by atoms with Crippen molar-refractivity contribution in [3.8, 4) is 5.75 Å². The van der Waals surface area contributed by atoms with Crippen LogP contribution in [0.2, 0.25) is 0 Å². The zero-order chi connectivity index (χ0) is 7.72. The second-order valence-corrected chi connectivity index (χ2v) is 4.13. The minimum Gasteiger partial charge on any atom is -1.00 e. The fourth-order valence-electron chi connectivity index (χ4n) is 0.516. The van der Waals surface area contributed by atoms with Gasteiger partial charge >= 0.3 is 23.1 Å². The number of halogens is 3. The summed E-state index contributed by atoms with van der Waals surface area (Å²) in [5.41, 5.74) is 0. The first kappa shape index (κ1) is 12.2. The summed E-state index contributed by atoms with van der Waals surface area (Å²) in [6.45, 7) is 0. The first-order chi connectivity index (χ1) is 4.63.